The smallest absolute Gasteiger partial charge is 0.432 e. The number of esters is 2. The van der Waals surface area contributed by atoms with Crippen molar-refractivity contribution in [2.24, 2.45) is 11.8 Å². The van der Waals surface area contributed by atoms with E-state index in [9.17, 15) is 56.3 Å². The number of aliphatic hydroxyl groups is 2. The first-order chi connectivity index (χ1) is 16.4. The molecule has 0 radical (unpaired) electrons. The van der Waals surface area contributed by atoms with Gasteiger partial charge in [0, 0.05) is 12.0 Å². The van der Waals surface area contributed by atoms with Crippen LogP contribution in [0.5, 0.6) is 0 Å². The van der Waals surface area contributed by atoms with Gasteiger partial charge in [-0.25, -0.2) is 5.32 Å². The number of carbonyl (C=O) groups is 2. The van der Waals surface area contributed by atoms with Gasteiger partial charge in [-0.2, -0.15) is 26.3 Å². The molecule has 1 fully saturated rings. The molecule has 0 spiro atoms. The summed E-state index contributed by atoms with van der Waals surface area (Å²) in [6.45, 7) is 1.06. The number of nitrogens with zero attached hydrogens (tertiary/aromatic N) is 1. The van der Waals surface area contributed by atoms with Crippen LogP contribution in [-0.4, -0.2) is 64.1 Å². The fraction of sp³-hybridized carbons (Fsp3) is 0.579. The Balaban J connectivity index is 3.06. The molecule has 1 aliphatic rings. The van der Waals surface area contributed by atoms with Crippen molar-refractivity contribution in [3.05, 3.63) is 38.9 Å². The van der Waals surface area contributed by atoms with E-state index >= 15 is 0 Å². The number of hydrogen-bond donors (Lipinski definition) is 3. The highest BCUT2D eigenvalue weighted by molar-refractivity contribution is 6.32. The number of benzene rings is 1. The third-order valence-electron chi connectivity index (χ3n) is 5.50. The largest absolute Gasteiger partial charge is 0.466 e. The van der Waals surface area contributed by atoms with E-state index in [0.29, 0.717) is 17.4 Å². The van der Waals surface area contributed by atoms with Gasteiger partial charge in [-0.1, -0.05) is 17.7 Å². The standard InChI is InChI=1S/C19H19ClF6N2O8/c1-3-35-14(29)12-11(8-5-6-9(20)10(7-8)28(33)34)13(15(30)36-4-2)17(32,19(24,25)26)27-16(12,31)18(21,22)23/h5-7,11-13,27,31-32H,3-4H2,1-2H3/t11?,12-,13+,16-,17-/m0/s1. The predicted octanol–water partition coefficient (Wildman–Crippen LogP) is 2.80. The molecule has 1 heterocycles. The fourth-order valence-electron chi connectivity index (χ4n) is 4.01. The Morgan fingerprint density at radius 1 is 1.03 bits per heavy atom. The first-order valence-electron chi connectivity index (χ1n) is 10.0. The summed E-state index contributed by atoms with van der Waals surface area (Å²) in [6.07, 6.45) is -12.2. The Morgan fingerprint density at radius 2 is 1.44 bits per heavy atom. The summed E-state index contributed by atoms with van der Waals surface area (Å²) < 4.78 is 93.7. The average molecular weight is 553 g/mol. The number of nitro groups is 1. The van der Waals surface area contributed by atoms with E-state index in [1.165, 1.54) is 0 Å². The normalized spacial score (nSPS) is 28.9. The summed E-state index contributed by atoms with van der Waals surface area (Å²) in [6, 6.07) is 1.85. The van der Waals surface area contributed by atoms with Crippen molar-refractivity contribution >= 4 is 29.2 Å². The molecule has 17 heteroatoms. The van der Waals surface area contributed by atoms with Crippen molar-refractivity contribution in [1.29, 1.82) is 0 Å². The lowest BCUT2D eigenvalue weighted by molar-refractivity contribution is -0.385. The second-order valence-corrected chi connectivity index (χ2v) is 8.01. The Bertz CT molecular complexity index is 990. The van der Waals surface area contributed by atoms with Crippen LogP contribution < -0.4 is 5.32 Å². The SMILES string of the molecule is CCOC(=O)[C@@H]1C(c2ccc(Cl)c([N+](=O)[O-])c2)[C@H](C(=O)OCC)[C@](O)(C(F)(F)F)N[C@@]1(O)C(F)(F)F. The highest BCUT2D eigenvalue weighted by atomic mass is 35.5. The lowest BCUT2D eigenvalue weighted by Crippen LogP contribution is -2.81. The Morgan fingerprint density at radius 3 is 1.78 bits per heavy atom. The van der Waals surface area contributed by atoms with Crippen LogP contribution in [0, 0.1) is 22.0 Å². The zero-order chi connectivity index (χ0) is 27.9. The number of nitrogens with one attached hydrogen (secondary N) is 1. The van der Waals surface area contributed by atoms with Crippen LogP contribution in [0.4, 0.5) is 32.0 Å². The molecular weight excluding hydrogens is 534 g/mol. The molecule has 1 aliphatic heterocycles. The number of nitro benzene ring substituents is 1. The Kier molecular flexibility index (Phi) is 8.20. The van der Waals surface area contributed by atoms with E-state index in [1.807, 2.05) is 0 Å². The maximum Gasteiger partial charge on any atom is 0.432 e. The maximum absolute atomic E-state index is 14.1. The quantitative estimate of drug-likeness (QED) is 0.210. The molecule has 1 aromatic carbocycles. The lowest BCUT2D eigenvalue weighted by Gasteiger charge is -2.54. The topological polar surface area (TPSA) is 148 Å². The van der Waals surface area contributed by atoms with Gasteiger partial charge >= 0.3 is 24.3 Å². The number of ether oxygens (including phenoxy) is 2. The second-order valence-electron chi connectivity index (χ2n) is 7.61. The van der Waals surface area contributed by atoms with E-state index < -0.39 is 87.9 Å². The third kappa shape index (κ3) is 4.94. The zero-order valence-corrected chi connectivity index (χ0v) is 19.1. The van der Waals surface area contributed by atoms with E-state index in [-0.39, 0.29) is 0 Å². The summed E-state index contributed by atoms with van der Waals surface area (Å²) in [5, 5.41) is 32.5. The number of rotatable bonds is 6. The number of halogens is 7. The highest BCUT2D eigenvalue weighted by Crippen LogP contribution is 2.56. The van der Waals surface area contributed by atoms with Crippen molar-refractivity contribution < 1.29 is 60.5 Å². The minimum absolute atomic E-state index is 0.421. The number of carbonyl (C=O) groups excluding carboxylic acids is 2. The maximum atomic E-state index is 14.1. The summed E-state index contributed by atoms with van der Waals surface area (Å²) in [5.41, 5.74) is -11.5. The van der Waals surface area contributed by atoms with Crippen LogP contribution in [0.25, 0.3) is 0 Å². The summed E-state index contributed by atoms with van der Waals surface area (Å²) in [4.78, 5) is 35.6. The van der Waals surface area contributed by atoms with Gasteiger partial charge in [-0.05, 0) is 25.5 Å². The molecule has 36 heavy (non-hydrogen) atoms. The van der Waals surface area contributed by atoms with Crippen LogP contribution in [0.3, 0.4) is 0 Å². The highest BCUT2D eigenvalue weighted by Gasteiger charge is 2.78. The van der Waals surface area contributed by atoms with Crippen molar-refractivity contribution in [3.63, 3.8) is 0 Å². The molecule has 0 aliphatic carbocycles. The molecule has 0 aromatic heterocycles. The first-order valence-corrected chi connectivity index (χ1v) is 10.4. The molecule has 1 unspecified atom stereocenters. The van der Waals surface area contributed by atoms with Crippen molar-refractivity contribution in [1.82, 2.24) is 5.32 Å². The van der Waals surface area contributed by atoms with Gasteiger partial charge in [0.1, 0.15) is 16.9 Å². The summed E-state index contributed by atoms with van der Waals surface area (Å²) in [7, 11) is 0. The zero-order valence-electron chi connectivity index (χ0n) is 18.3. The van der Waals surface area contributed by atoms with Crippen molar-refractivity contribution in [2.75, 3.05) is 13.2 Å². The molecule has 0 bridgehead atoms. The van der Waals surface area contributed by atoms with Gasteiger partial charge in [0.25, 0.3) is 5.69 Å². The van der Waals surface area contributed by atoms with Crippen LogP contribution in [-0.2, 0) is 19.1 Å². The fourth-order valence-corrected chi connectivity index (χ4v) is 4.20. The van der Waals surface area contributed by atoms with E-state index in [2.05, 4.69) is 9.47 Å². The predicted molar refractivity (Wildman–Crippen MR) is 106 cm³/mol. The van der Waals surface area contributed by atoms with Crippen molar-refractivity contribution in [2.45, 2.75) is 43.6 Å². The van der Waals surface area contributed by atoms with E-state index in [4.69, 9.17) is 11.6 Å². The minimum atomic E-state index is -6.08. The van der Waals surface area contributed by atoms with Gasteiger partial charge in [0.05, 0.1) is 18.1 Å². The van der Waals surface area contributed by atoms with Crippen LogP contribution in [0.2, 0.25) is 5.02 Å². The van der Waals surface area contributed by atoms with Gasteiger partial charge in [-0.3, -0.25) is 19.7 Å². The molecule has 0 amide bonds. The summed E-state index contributed by atoms with van der Waals surface area (Å²) >= 11 is 5.69. The van der Waals surface area contributed by atoms with E-state index in [0.717, 1.165) is 19.9 Å². The molecule has 3 N–H and O–H groups in total. The first kappa shape index (κ1) is 29.5. The molecule has 1 saturated heterocycles. The minimum Gasteiger partial charge on any atom is -0.466 e. The van der Waals surface area contributed by atoms with Crippen LogP contribution in [0.1, 0.15) is 25.3 Å². The molecule has 5 atom stereocenters. The second kappa shape index (κ2) is 9.99. The van der Waals surface area contributed by atoms with Gasteiger partial charge in [0.2, 0.25) is 11.4 Å². The molecule has 2 rings (SSSR count). The van der Waals surface area contributed by atoms with Gasteiger partial charge in [-0.15, -0.1) is 0 Å². The average Bonchev–Trinajstić information content (AvgIpc) is 2.72. The van der Waals surface area contributed by atoms with Gasteiger partial charge < -0.3 is 19.7 Å². The van der Waals surface area contributed by atoms with Gasteiger partial charge in [0.15, 0.2) is 0 Å². The summed E-state index contributed by atoms with van der Waals surface area (Å²) in [5.74, 6) is -12.7. The monoisotopic (exact) mass is 552 g/mol. The molecular formula is C19H19ClF6N2O8. The molecule has 10 nitrogen and oxygen atoms in total. The van der Waals surface area contributed by atoms with E-state index in [1.54, 1.807) is 0 Å². The Hall–Kier alpha value is -2.69. The number of piperidine rings is 1. The third-order valence-corrected chi connectivity index (χ3v) is 5.82. The van der Waals surface area contributed by atoms with Crippen LogP contribution >= 0.6 is 11.6 Å². The molecule has 0 saturated carbocycles. The number of hydrogen-bond acceptors (Lipinski definition) is 9. The lowest BCUT2D eigenvalue weighted by atomic mass is 9.64. The van der Waals surface area contributed by atoms with Crippen molar-refractivity contribution in [3.8, 4) is 0 Å². The Labute approximate surface area is 203 Å². The molecule has 1 aromatic rings. The number of alkyl halides is 6. The van der Waals surface area contributed by atoms with Crippen LogP contribution in [0.15, 0.2) is 18.2 Å². The molecule has 202 valence electrons.